The van der Waals surface area contributed by atoms with Gasteiger partial charge in [0.05, 0.1) is 6.26 Å². The summed E-state index contributed by atoms with van der Waals surface area (Å²) in [5, 5.41) is 4.60. The van der Waals surface area contributed by atoms with Crippen LogP contribution in [-0.4, -0.2) is 34.3 Å². The molecule has 3 heterocycles. The number of aromatic nitrogens is 1. The topological polar surface area (TPSA) is 75.4 Å². The first-order valence-electron chi connectivity index (χ1n) is 9.55. The number of anilines is 1. The van der Waals surface area contributed by atoms with E-state index in [4.69, 9.17) is 27.6 Å². The Bertz CT molecular complexity index is 1050. The van der Waals surface area contributed by atoms with E-state index >= 15 is 0 Å². The number of carbonyl (C=O) groups is 2. The molecule has 1 aromatic carbocycles. The van der Waals surface area contributed by atoms with Gasteiger partial charge in [0.1, 0.15) is 6.04 Å². The summed E-state index contributed by atoms with van der Waals surface area (Å²) in [6.07, 6.45) is 6.09. The SMILES string of the molecule is O=C(Nc1ncc(Cc2cc(Cl)ccc2Cl)s1)C1CCCCN1C(=O)c1ccco1. The van der Waals surface area contributed by atoms with Crippen molar-refractivity contribution < 1.29 is 14.0 Å². The van der Waals surface area contributed by atoms with Gasteiger partial charge < -0.3 is 14.6 Å². The van der Waals surface area contributed by atoms with Gasteiger partial charge in [0.25, 0.3) is 5.91 Å². The first-order chi connectivity index (χ1) is 14.5. The van der Waals surface area contributed by atoms with E-state index in [2.05, 4.69) is 10.3 Å². The Morgan fingerprint density at radius 2 is 2.13 bits per heavy atom. The minimum atomic E-state index is -0.550. The molecule has 1 saturated heterocycles. The second-order valence-corrected chi connectivity index (χ2v) is 8.98. The Balaban J connectivity index is 1.44. The van der Waals surface area contributed by atoms with Gasteiger partial charge in [-0.2, -0.15) is 0 Å². The van der Waals surface area contributed by atoms with Gasteiger partial charge in [0.15, 0.2) is 10.9 Å². The van der Waals surface area contributed by atoms with Crippen molar-refractivity contribution in [1.82, 2.24) is 9.88 Å². The molecule has 1 unspecified atom stereocenters. The van der Waals surface area contributed by atoms with Crippen molar-refractivity contribution in [3.8, 4) is 0 Å². The number of halogens is 2. The van der Waals surface area contributed by atoms with Gasteiger partial charge in [-0.15, -0.1) is 11.3 Å². The van der Waals surface area contributed by atoms with Crippen molar-refractivity contribution >= 4 is 51.5 Å². The van der Waals surface area contributed by atoms with Crippen LogP contribution in [0.3, 0.4) is 0 Å². The van der Waals surface area contributed by atoms with Gasteiger partial charge in [-0.3, -0.25) is 9.59 Å². The molecule has 0 radical (unpaired) electrons. The van der Waals surface area contributed by atoms with E-state index in [0.717, 1.165) is 23.3 Å². The number of thiazole rings is 1. The average molecular weight is 464 g/mol. The van der Waals surface area contributed by atoms with E-state index in [1.807, 2.05) is 6.07 Å². The van der Waals surface area contributed by atoms with Crippen molar-refractivity contribution in [2.24, 2.45) is 0 Å². The maximum absolute atomic E-state index is 12.9. The van der Waals surface area contributed by atoms with Gasteiger partial charge in [-0.25, -0.2) is 4.98 Å². The number of hydrogen-bond acceptors (Lipinski definition) is 5. The largest absolute Gasteiger partial charge is 0.459 e. The normalized spacial score (nSPS) is 16.5. The molecule has 4 rings (SSSR count). The maximum Gasteiger partial charge on any atom is 0.290 e. The fourth-order valence-electron chi connectivity index (χ4n) is 3.49. The summed E-state index contributed by atoms with van der Waals surface area (Å²) in [6, 6.07) is 8.05. The highest BCUT2D eigenvalue weighted by atomic mass is 35.5. The van der Waals surface area contributed by atoms with Crippen molar-refractivity contribution in [2.75, 3.05) is 11.9 Å². The molecule has 0 saturated carbocycles. The minimum Gasteiger partial charge on any atom is -0.459 e. The number of likely N-dealkylation sites (tertiary alicyclic amines) is 1. The zero-order valence-corrected chi connectivity index (χ0v) is 18.3. The summed E-state index contributed by atoms with van der Waals surface area (Å²) in [5.74, 6) is -0.267. The van der Waals surface area contributed by atoms with E-state index in [0.29, 0.717) is 34.6 Å². The van der Waals surface area contributed by atoms with E-state index in [9.17, 15) is 9.59 Å². The lowest BCUT2D eigenvalue weighted by Gasteiger charge is -2.33. The van der Waals surface area contributed by atoms with E-state index in [1.165, 1.54) is 17.6 Å². The summed E-state index contributed by atoms with van der Waals surface area (Å²) in [4.78, 5) is 32.5. The molecule has 156 valence electrons. The summed E-state index contributed by atoms with van der Waals surface area (Å²) in [5.41, 5.74) is 0.896. The fourth-order valence-corrected chi connectivity index (χ4v) is 4.71. The Kier molecular flexibility index (Phi) is 6.41. The molecule has 0 spiro atoms. The highest BCUT2D eigenvalue weighted by Gasteiger charge is 2.34. The van der Waals surface area contributed by atoms with Crippen LogP contribution in [0.5, 0.6) is 0 Å². The fraction of sp³-hybridized carbons (Fsp3) is 0.286. The van der Waals surface area contributed by atoms with Crippen LogP contribution in [0.2, 0.25) is 10.0 Å². The predicted molar refractivity (Wildman–Crippen MR) is 117 cm³/mol. The number of piperidine rings is 1. The van der Waals surface area contributed by atoms with Crippen LogP contribution in [-0.2, 0) is 11.2 Å². The molecule has 30 heavy (non-hydrogen) atoms. The van der Waals surface area contributed by atoms with Gasteiger partial charge in [0.2, 0.25) is 5.91 Å². The van der Waals surface area contributed by atoms with Crippen LogP contribution >= 0.6 is 34.5 Å². The Morgan fingerprint density at radius 1 is 1.27 bits per heavy atom. The Hall–Kier alpha value is -2.35. The van der Waals surface area contributed by atoms with Crippen LogP contribution in [0.4, 0.5) is 5.13 Å². The molecule has 2 amide bonds. The zero-order chi connectivity index (χ0) is 21.1. The monoisotopic (exact) mass is 463 g/mol. The third-order valence-corrected chi connectivity index (χ3v) is 6.47. The number of furan rings is 1. The highest BCUT2D eigenvalue weighted by molar-refractivity contribution is 7.15. The van der Waals surface area contributed by atoms with Gasteiger partial charge >= 0.3 is 0 Å². The van der Waals surface area contributed by atoms with Gasteiger partial charge in [0, 0.05) is 34.1 Å². The van der Waals surface area contributed by atoms with Gasteiger partial charge in [-0.1, -0.05) is 23.2 Å². The summed E-state index contributed by atoms with van der Waals surface area (Å²) in [6.45, 7) is 0.522. The number of hydrogen-bond donors (Lipinski definition) is 1. The first kappa shape index (κ1) is 20.9. The van der Waals surface area contributed by atoms with Gasteiger partial charge in [-0.05, 0) is 55.2 Å². The number of nitrogens with one attached hydrogen (secondary N) is 1. The smallest absolute Gasteiger partial charge is 0.290 e. The molecule has 6 nitrogen and oxygen atoms in total. The number of amides is 2. The first-order valence-corrected chi connectivity index (χ1v) is 11.1. The minimum absolute atomic E-state index is 0.240. The number of nitrogens with zero attached hydrogens (tertiary/aromatic N) is 2. The molecule has 1 aliphatic heterocycles. The summed E-state index contributed by atoms with van der Waals surface area (Å²) < 4.78 is 5.22. The molecule has 2 aromatic heterocycles. The lowest BCUT2D eigenvalue weighted by Crippen LogP contribution is -2.49. The van der Waals surface area contributed by atoms with Crippen LogP contribution in [0.1, 0.15) is 40.3 Å². The molecule has 0 aliphatic carbocycles. The third-order valence-electron chi connectivity index (χ3n) is 4.95. The highest BCUT2D eigenvalue weighted by Crippen LogP contribution is 2.28. The molecular formula is C21H19Cl2N3O3S. The maximum atomic E-state index is 12.9. The van der Waals surface area contributed by atoms with E-state index in [1.54, 1.807) is 35.4 Å². The third kappa shape index (κ3) is 4.69. The average Bonchev–Trinajstić information content (AvgIpc) is 3.43. The standard InChI is InChI=1S/C21H19Cl2N3O3S/c22-14-6-7-16(23)13(10-14)11-15-12-24-21(30-15)25-19(27)17-4-1-2-8-26(17)20(28)18-5-3-9-29-18/h3,5-7,9-10,12,17H,1-2,4,8,11H2,(H,24,25,27). The molecule has 1 N–H and O–H groups in total. The lowest BCUT2D eigenvalue weighted by molar-refractivity contribution is -0.121. The van der Waals surface area contributed by atoms with E-state index < -0.39 is 6.04 Å². The number of rotatable bonds is 5. The second-order valence-electron chi connectivity index (χ2n) is 7.02. The van der Waals surface area contributed by atoms with Crippen LogP contribution < -0.4 is 5.32 Å². The van der Waals surface area contributed by atoms with E-state index in [-0.39, 0.29) is 17.6 Å². The van der Waals surface area contributed by atoms with Crippen LogP contribution in [0.15, 0.2) is 47.2 Å². The molecule has 1 atom stereocenters. The number of benzene rings is 1. The van der Waals surface area contributed by atoms with Crippen molar-refractivity contribution in [1.29, 1.82) is 0 Å². The Labute approximate surface area is 187 Å². The predicted octanol–water partition coefficient (Wildman–Crippen LogP) is 5.27. The van der Waals surface area contributed by atoms with Crippen LogP contribution in [0.25, 0.3) is 0 Å². The molecular weight excluding hydrogens is 445 g/mol. The molecule has 0 bridgehead atoms. The summed E-state index contributed by atoms with van der Waals surface area (Å²) >= 11 is 13.7. The number of carbonyl (C=O) groups excluding carboxylic acids is 2. The second kappa shape index (κ2) is 9.20. The zero-order valence-electron chi connectivity index (χ0n) is 15.9. The summed E-state index contributed by atoms with van der Waals surface area (Å²) in [7, 11) is 0. The molecule has 1 aliphatic rings. The molecule has 1 fully saturated rings. The Morgan fingerprint density at radius 3 is 2.93 bits per heavy atom. The lowest BCUT2D eigenvalue weighted by atomic mass is 10.0. The van der Waals surface area contributed by atoms with Crippen molar-refractivity contribution in [3.63, 3.8) is 0 Å². The quantitative estimate of drug-likeness (QED) is 0.559. The van der Waals surface area contributed by atoms with Crippen molar-refractivity contribution in [2.45, 2.75) is 31.7 Å². The van der Waals surface area contributed by atoms with Crippen LogP contribution in [0, 0.1) is 0 Å². The molecule has 9 heteroatoms. The van der Waals surface area contributed by atoms with Crippen molar-refractivity contribution in [3.05, 3.63) is 69.0 Å². The molecule has 3 aromatic rings.